The molecular formula is C15H23N5O3. The lowest BCUT2D eigenvalue weighted by molar-refractivity contribution is -0.134. The van der Waals surface area contributed by atoms with Gasteiger partial charge in [-0.05, 0) is 6.92 Å². The molecule has 0 bridgehead atoms. The zero-order valence-corrected chi connectivity index (χ0v) is 13.5. The van der Waals surface area contributed by atoms with Crippen molar-refractivity contribution in [3.63, 3.8) is 0 Å². The van der Waals surface area contributed by atoms with Gasteiger partial charge in [0.2, 0.25) is 5.91 Å². The van der Waals surface area contributed by atoms with E-state index in [0.717, 1.165) is 19.5 Å². The fourth-order valence-electron chi connectivity index (χ4n) is 3.06. The normalized spacial score (nSPS) is 18.7. The van der Waals surface area contributed by atoms with Crippen molar-refractivity contribution in [2.24, 2.45) is 0 Å². The number of aromatic amines is 1. The molecule has 2 aliphatic heterocycles. The summed E-state index contributed by atoms with van der Waals surface area (Å²) in [5, 5.41) is 7.05. The van der Waals surface area contributed by atoms with E-state index in [0.29, 0.717) is 39.3 Å². The Morgan fingerprint density at radius 1 is 1.22 bits per heavy atom. The van der Waals surface area contributed by atoms with Crippen LogP contribution in [0.3, 0.4) is 0 Å². The van der Waals surface area contributed by atoms with Crippen LogP contribution in [0.25, 0.3) is 0 Å². The minimum absolute atomic E-state index is 0.125. The van der Waals surface area contributed by atoms with Crippen LogP contribution in [0, 0.1) is 0 Å². The second kappa shape index (κ2) is 6.99. The molecule has 1 aromatic heterocycles. The van der Waals surface area contributed by atoms with Crippen molar-refractivity contribution < 1.29 is 14.3 Å². The number of ether oxygens (including phenoxy) is 1. The van der Waals surface area contributed by atoms with Crippen molar-refractivity contribution in [2.45, 2.75) is 19.9 Å². The van der Waals surface area contributed by atoms with Crippen molar-refractivity contribution in [1.29, 1.82) is 0 Å². The highest BCUT2D eigenvalue weighted by molar-refractivity contribution is 5.78. The van der Waals surface area contributed by atoms with Gasteiger partial charge in [-0.1, -0.05) is 0 Å². The second-order valence-electron chi connectivity index (χ2n) is 5.90. The van der Waals surface area contributed by atoms with Crippen LogP contribution in [-0.2, 0) is 22.5 Å². The number of hydrogen-bond donors (Lipinski definition) is 1. The minimum Gasteiger partial charge on any atom is -0.450 e. The summed E-state index contributed by atoms with van der Waals surface area (Å²) < 4.78 is 4.99. The van der Waals surface area contributed by atoms with Gasteiger partial charge < -0.3 is 14.5 Å². The molecule has 126 valence electrons. The number of nitrogens with zero attached hydrogens (tertiary/aromatic N) is 4. The van der Waals surface area contributed by atoms with E-state index in [1.165, 1.54) is 11.3 Å². The average molecular weight is 321 g/mol. The van der Waals surface area contributed by atoms with Gasteiger partial charge in [0, 0.05) is 56.9 Å². The van der Waals surface area contributed by atoms with E-state index in [9.17, 15) is 9.59 Å². The molecule has 23 heavy (non-hydrogen) atoms. The Labute approximate surface area is 135 Å². The highest BCUT2D eigenvalue weighted by atomic mass is 16.6. The molecule has 3 rings (SSSR count). The largest absolute Gasteiger partial charge is 0.450 e. The topological polar surface area (TPSA) is 81.8 Å². The maximum absolute atomic E-state index is 12.4. The first-order chi connectivity index (χ1) is 11.2. The molecule has 8 heteroatoms. The van der Waals surface area contributed by atoms with Crippen molar-refractivity contribution in [3.8, 4) is 0 Å². The molecule has 0 spiro atoms. The molecule has 1 N–H and O–H groups in total. The number of carbonyl (C=O) groups is 2. The predicted molar refractivity (Wildman–Crippen MR) is 82.7 cm³/mol. The number of aromatic nitrogens is 2. The molecule has 3 heterocycles. The highest BCUT2D eigenvalue weighted by Gasteiger charge is 2.27. The Hall–Kier alpha value is -2.09. The van der Waals surface area contributed by atoms with Crippen LogP contribution in [0.15, 0.2) is 6.20 Å². The maximum Gasteiger partial charge on any atom is 0.409 e. The number of H-pyrrole nitrogens is 1. The predicted octanol–water partition coefficient (Wildman–Crippen LogP) is 0.0685. The molecule has 0 atom stereocenters. The summed E-state index contributed by atoms with van der Waals surface area (Å²) in [6.45, 7) is 6.44. The number of fused-ring (bicyclic) bond motifs is 1. The Bertz CT molecular complexity index is 565. The first-order valence-electron chi connectivity index (χ1n) is 8.10. The Kier molecular flexibility index (Phi) is 4.80. The Morgan fingerprint density at radius 3 is 2.70 bits per heavy atom. The summed E-state index contributed by atoms with van der Waals surface area (Å²) in [4.78, 5) is 29.8. The molecule has 0 aromatic carbocycles. The molecular weight excluding hydrogens is 298 g/mol. The number of piperazine rings is 1. The highest BCUT2D eigenvalue weighted by Crippen LogP contribution is 2.16. The fraction of sp³-hybridized carbons (Fsp3) is 0.667. The SMILES string of the molecule is CCOC(=O)N1CCN(C(=O)CN2CCc3[nH]ncc3C2)CC1. The van der Waals surface area contributed by atoms with E-state index in [2.05, 4.69) is 15.1 Å². The van der Waals surface area contributed by atoms with Crippen LogP contribution in [0.4, 0.5) is 4.79 Å². The van der Waals surface area contributed by atoms with E-state index in [-0.39, 0.29) is 12.0 Å². The van der Waals surface area contributed by atoms with Crippen molar-refractivity contribution in [3.05, 3.63) is 17.5 Å². The van der Waals surface area contributed by atoms with Crippen molar-refractivity contribution in [2.75, 3.05) is 45.9 Å². The number of nitrogens with one attached hydrogen (secondary N) is 1. The monoisotopic (exact) mass is 321 g/mol. The third-order valence-corrected chi connectivity index (χ3v) is 4.40. The third-order valence-electron chi connectivity index (χ3n) is 4.40. The van der Waals surface area contributed by atoms with Gasteiger partial charge in [0.1, 0.15) is 0 Å². The van der Waals surface area contributed by atoms with E-state index in [4.69, 9.17) is 4.74 Å². The van der Waals surface area contributed by atoms with Gasteiger partial charge in [-0.15, -0.1) is 0 Å². The quantitative estimate of drug-likeness (QED) is 0.852. The number of rotatable bonds is 3. The van der Waals surface area contributed by atoms with E-state index < -0.39 is 0 Å². The Morgan fingerprint density at radius 2 is 1.96 bits per heavy atom. The van der Waals surface area contributed by atoms with Crippen LogP contribution < -0.4 is 0 Å². The van der Waals surface area contributed by atoms with Gasteiger partial charge >= 0.3 is 6.09 Å². The number of amides is 2. The molecule has 2 amide bonds. The van der Waals surface area contributed by atoms with Crippen LogP contribution in [0.5, 0.6) is 0 Å². The molecule has 2 aliphatic rings. The van der Waals surface area contributed by atoms with Crippen LogP contribution in [-0.4, -0.2) is 82.8 Å². The van der Waals surface area contributed by atoms with Crippen LogP contribution >= 0.6 is 0 Å². The summed E-state index contributed by atoms with van der Waals surface area (Å²) in [5.41, 5.74) is 2.35. The molecule has 1 aromatic rings. The summed E-state index contributed by atoms with van der Waals surface area (Å²) in [6, 6.07) is 0. The summed E-state index contributed by atoms with van der Waals surface area (Å²) in [6.07, 6.45) is 2.45. The average Bonchev–Trinajstić information content (AvgIpc) is 3.03. The molecule has 1 fully saturated rings. The standard InChI is InChI=1S/C15H23N5O3/c1-2-23-15(22)20-7-5-19(6-8-20)14(21)11-18-4-3-13-12(10-18)9-16-17-13/h9H,2-8,10-11H2,1H3,(H,16,17). The zero-order chi connectivity index (χ0) is 16.2. The van der Waals surface area contributed by atoms with Crippen molar-refractivity contribution >= 4 is 12.0 Å². The molecule has 0 saturated carbocycles. The second-order valence-corrected chi connectivity index (χ2v) is 5.90. The lowest BCUT2D eigenvalue weighted by atomic mass is 10.1. The van der Waals surface area contributed by atoms with Gasteiger partial charge in [-0.25, -0.2) is 4.79 Å². The van der Waals surface area contributed by atoms with Gasteiger partial charge in [0.15, 0.2) is 0 Å². The number of hydrogen-bond acceptors (Lipinski definition) is 5. The maximum atomic E-state index is 12.4. The zero-order valence-electron chi connectivity index (χ0n) is 13.5. The Balaban J connectivity index is 1.46. The van der Waals surface area contributed by atoms with E-state index in [1.54, 1.807) is 11.8 Å². The molecule has 8 nitrogen and oxygen atoms in total. The molecule has 0 aliphatic carbocycles. The van der Waals surface area contributed by atoms with Crippen molar-refractivity contribution in [1.82, 2.24) is 24.9 Å². The summed E-state index contributed by atoms with van der Waals surface area (Å²) >= 11 is 0. The molecule has 1 saturated heterocycles. The minimum atomic E-state index is -0.289. The summed E-state index contributed by atoms with van der Waals surface area (Å²) in [5.74, 6) is 0.125. The number of carbonyl (C=O) groups excluding carboxylic acids is 2. The lowest BCUT2D eigenvalue weighted by Crippen LogP contribution is -2.53. The first-order valence-corrected chi connectivity index (χ1v) is 8.10. The van der Waals surface area contributed by atoms with Gasteiger partial charge in [-0.3, -0.25) is 14.8 Å². The van der Waals surface area contributed by atoms with Gasteiger partial charge in [-0.2, -0.15) is 5.10 Å². The smallest absolute Gasteiger partial charge is 0.409 e. The lowest BCUT2D eigenvalue weighted by Gasteiger charge is -2.35. The fourth-order valence-corrected chi connectivity index (χ4v) is 3.06. The third kappa shape index (κ3) is 3.64. The van der Waals surface area contributed by atoms with Gasteiger partial charge in [0.05, 0.1) is 19.3 Å². The van der Waals surface area contributed by atoms with Crippen LogP contribution in [0.1, 0.15) is 18.2 Å². The van der Waals surface area contributed by atoms with Gasteiger partial charge in [0.25, 0.3) is 0 Å². The molecule has 0 unspecified atom stereocenters. The van der Waals surface area contributed by atoms with E-state index in [1.807, 2.05) is 11.1 Å². The summed E-state index contributed by atoms with van der Waals surface area (Å²) in [7, 11) is 0. The van der Waals surface area contributed by atoms with E-state index >= 15 is 0 Å². The van der Waals surface area contributed by atoms with Crippen LogP contribution in [0.2, 0.25) is 0 Å². The molecule has 0 radical (unpaired) electrons. The first kappa shape index (κ1) is 15.8.